The van der Waals surface area contributed by atoms with Crippen LogP contribution >= 0.6 is 15.9 Å². The Morgan fingerprint density at radius 1 is 1.12 bits per heavy atom. The third-order valence-electron chi connectivity index (χ3n) is 3.34. The monoisotopic (exact) mass is 281 g/mol. The number of aryl methyl sites for hydroxylation is 1. The van der Waals surface area contributed by atoms with Gasteiger partial charge in [0.15, 0.2) is 0 Å². The summed E-state index contributed by atoms with van der Waals surface area (Å²) >= 11 is 3.46. The molecule has 1 aromatic rings. The third-order valence-corrected chi connectivity index (χ3v) is 3.87. The zero-order chi connectivity index (χ0) is 11.2. The normalized spacial score (nSPS) is 16.8. The zero-order valence-electron chi connectivity index (χ0n) is 9.71. The van der Waals surface area contributed by atoms with Crippen LogP contribution in [0.2, 0.25) is 0 Å². The molecule has 0 unspecified atom stereocenters. The van der Waals surface area contributed by atoms with Crippen molar-refractivity contribution in [2.45, 2.75) is 44.6 Å². The highest BCUT2D eigenvalue weighted by Crippen LogP contribution is 2.17. The average molecular weight is 282 g/mol. The lowest BCUT2D eigenvalue weighted by Crippen LogP contribution is -2.27. The van der Waals surface area contributed by atoms with Crippen molar-refractivity contribution in [2.24, 2.45) is 0 Å². The molecule has 1 aromatic carbocycles. The molecule has 0 bridgehead atoms. The highest BCUT2D eigenvalue weighted by atomic mass is 79.9. The molecule has 2 heteroatoms. The van der Waals surface area contributed by atoms with Crippen LogP contribution in [0.25, 0.3) is 0 Å². The summed E-state index contributed by atoms with van der Waals surface area (Å²) < 4.78 is 1.17. The van der Waals surface area contributed by atoms with Gasteiger partial charge in [0.05, 0.1) is 0 Å². The van der Waals surface area contributed by atoms with Crippen LogP contribution in [-0.4, -0.2) is 12.6 Å². The molecular formula is C14H20BrN. The van der Waals surface area contributed by atoms with Gasteiger partial charge < -0.3 is 5.32 Å². The summed E-state index contributed by atoms with van der Waals surface area (Å²) in [6, 6.07) is 9.48. The van der Waals surface area contributed by atoms with Gasteiger partial charge in [0.1, 0.15) is 0 Å². The minimum absolute atomic E-state index is 0.810. The van der Waals surface area contributed by atoms with Crippen molar-refractivity contribution in [3.05, 3.63) is 34.3 Å². The molecule has 1 fully saturated rings. The Morgan fingerprint density at radius 3 is 2.50 bits per heavy atom. The molecule has 1 N–H and O–H groups in total. The molecule has 0 radical (unpaired) electrons. The molecule has 1 saturated carbocycles. The standard InChI is InChI=1S/C14H20BrN/c15-13-9-7-12(8-10-13)4-3-11-16-14-5-1-2-6-14/h7-10,14,16H,1-6,11H2. The van der Waals surface area contributed by atoms with E-state index in [1.165, 1.54) is 55.1 Å². The van der Waals surface area contributed by atoms with Crippen molar-refractivity contribution < 1.29 is 0 Å². The van der Waals surface area contributed by atoms with Crippen molar-refractivity contribution in [3.63, 3.8) is 0 Å². The molecule has 1 aliphatic carbocycles. The summed E-state index contributed by atoms with van der Waals surface area (Å²) in [4.78, 5) is 0. The van der Waals surface area contributed by atoms with E-state index in [1.807, 2.05) is 0 Å². The average Bonchev–Trinajstić information content (AvgIpc) is 2.80. The van der Waals surface area contributed by atoms with E-state index in [1.54, 1.807) is 0 Å². The zero-order valence-corrected chi connectivity index (χ0v) is 11.3. The molecule has 0 saturated heterocycles. The molecule has 1 nitrogen and oxygen atoms in total. The summed E-state index contributed by atoms with van der Waals surface area (Å²) in [6.45, 7) is 1.17. The molecule has 16 heavy (non-hydrogen) atoms. The van der Waals surface area contributed by atoms with E-state index < -0.39 is 0 Å². The summed E-state index contributed by atoms with van der Waals surface area (Å²) in [7, 11) is 0. The molecule has 88 valence electrons. The predicted octanol–water partition coefficient (Wildman–Crippen LogP) is 3.91. The maximum atomic E-state index is 3.65. The van der Waals surface area contributed by atoms with E-state index in [2.05, 4.69) is 45.5 Å². The molecule has 0 aromatic heterocycles. The fraction of sp³-hybridized carbons (Fsp3) is 0.571. The molecule has 0 spiro atoms. The fourth-order valence-corrected chi connectivity index (χ4v) is 2.64. The van der Waals surface area contributed by atoms with Gasteiger partial charge in [0.2, 0.25) is 0 Å². The summed E-state index contributed by atoms with van der Waals surface area (Å²) in [5, 5.41) is 3.65. The quantitative estimate of drug-likeness (QED) is 0.807. The molecule has 1 aliphatic rings. The number of nitrogens with one attached hydrogen (secondary N) is 1. The first-order valence-corrected chi connectivity index (χ1v) is 7.12. The lowest BCUT2D eigenvalue weighted by molar-refractivity contribution is 0.515. The van der Waals surface area contributed by atoms with E-state index in [-0.39, 0.29) is 0 Å². The second kappa shape index (κ2) is 6.41. The van der Waals surface area contributed by atoms with Gasteiger partial charge in [-0.05, 0) is 49.9 Å². The largest absolute Gasteiger partial charge is 0.314 e. The van der Waals surface area contributed by atoms with Crippen LogP contribution in [-0.2, 0) is 6.42 Å². The fourth-order valence-electron chi connectivity index (χ4n) is 2.38. The number of halogens is 1. The molecule has 0 heterocycles. The van der Waals surface area contributed by atoms with Gasteiger partial charge >= 0.3 is 0 Å². The lowest BCUT2D eigenvalue weighted by atomic mass is 10.1. The Bertz CT molecular complexity index is 301. The van der Waals surface area contributed by atoms with Crippen LogP contribution in [0.1, 0.15) is 37.7 Å². The molecule has 0 amide bonds. The Morgan fingerprint density at radius 2 is 1.81 bits per heavy atom. The van der Waals surface area contributed by atoms with E-state index in [9.17, 15) is 0 Å². The smallest absolute Gasteiger partial charge is 0.0175 e. The SMILES string of the molecule is Brc1ccc(CCCNC2CCCC2)cc1. The maximum absolute atomic E-state index is 3.65. The Kier molecular flexibility index (Phi) is 4.86. The van der Waals surface area contributed by atoms with E-state index in [0.717, 1.165) is 6.04 Å². The number of hydrogen-bond acceptors (Lipinski definition) is 1. The van der Waals surface area contributed by atoms with E-state index in [4.69, 9.17) is 0 Å². The van der Waals surface area contributed by atoms with Crippen molar-refractivity contribution in [1.82, 2.24) is 5.32 Å². The lowest BCUT2D eigenvalue weighted by Gasteiger charge is -2.11. The Labute approximate surface area is 107 Å². The first-order chi connectivity index (χ1) is 7.84. The van der Waals surface area contributed by atoms with Gasteiger partial charge in [-0.2, -0.15) is 0 Å². The van der Waals surface area contributed by atoms with Crippen LogP contribution in [0.5, 0.6) is 0 Å². The van der Waals surface area contributed by atoms with Gasteiger partial charge in [-0.3, -0.25) is 0 Å². The first kappa shape index (κ1) is 12.1. The van der Waals surface area contributed by atoms with Gasteiger partial charge in [0.25, 0.3) is 0 Å². The minimum Gasteiger partial charge on any atom is -0.314 e. The van der Waals surface area contributed by atoms with Crippen molar-refractivity contribution in [2.75, 3.05) is 6.54 Å². The second-order valence-corrected chi connectivity index (χ2v) is 5.58. The van der Waals surface area contributed by atoms with Crippen molar-refractivity contribution in [1.29, 1.82) is 0 Å². The van der Waals surface area contributed by atoms with Crippen LogP contribution < -0.4 is 5.32 Å². The first-order valence-electron chi connectivity index (χ1n) is 6.32. The maximum Gasteiger partial charge on any atom is 0.0175 e. The van der Waals surface area contributed by atoms with Crippen LogP contribution in [0, 0.1) is 0 Å². The van der Waals surface area contributed by atoms with Crippen molar-refractivity contribution >= 4 is 15.9 Å². The number of rotatable bonds is 5. The third kappa shape index (κ3) is 3.91. The second-order valence-electron chi connectivity index (χ2n) is 4.67. The highest BCUT2D eigenvalue weighted by molar-refractivity contribution is 9.10. The molecule has 2 rings (SSSR count). The van der Waals surface area contributed by atoms with Crippen LogP contribution in [0.15, 0.2) is 28.7 Å². The Balaban J connectivity index is 1.62. The van der Waals surface area contributed by atoms with Gasteiger partial charge in [0, 0.05) is 10.5 Å². The van der Waals surface area contributed by atoms with Crippen molar-refractivity contribution in [3.8, 4) is 0 Å². The van der Waals surface area contributed by atoms with Crippen LogP contribution in [0.4, 0.5) is 0 Å². The topological polar surface area (TPSA) is 12.0 Å². The summed E-state index contributed by atoms with van der Waals surface area (Å²) in [5.41, 5.74) is 1.44. The molecule has 0 atom stereocenters. The van der Waals surface area contributed by atoms with Gasteiger partial charge in [-0.1, -0.05) is 40.9 Å². The van der Waals surface area contributed by atoms with Gasteiger partial charge in [-0.25, -0.2) is 0 Å². The molecular weight excluding hydrogens is 262 g/mol. The van der Waals surface area contributed by atoms with E-state index >= 15 is 0 Å². The summed E-state index contributed by atoms with van der Waals surface area (Å²) in [6.07, 6.45) is 8.05. The van der Waals surface area contributed by atoms with E-state index in [0.29, 0.717) is 0 Å². The molecule has 0 aliphatic heterocycles. The highest BCUT2D eigenvalue weighted by Gasteiger charge is 2.12. The Hall–Kier alpha value is -0.340. The number of benzene rings is 1. The number of hydrogen-bond donors (Lipinski definition) is 1. The van der Waals surface area contributed by atoms with Crippen LogP contribution in [0.3, 0.4) is 0 Å². The predicted molar refractivity (Wildman–Crippen MR) is 72.7 cm³/mol. The van der Waals surface area contributed by atoms with Gasteiger partial charge in [-0.15, -0.1) is 0 Å². The minimum atomic E-state index is 0.810. The summed E-state index contributed by atoms with van der Waals surface area (Å²) in [5.74, 6) is 0.